The Bertz CT molecular complexity index is 669. The summed E-state index contributed by atoms with van der Waals surface area (Å²) in [5.41, 5.74) is 3.87. The molecule has 1 amide bonds. The van der Waals surface area contributed by atoms with Crippen LogP contribution in [0, 0.1) is 6.92 Å². The Morgan fingerprint density at radius 1 is 1.38 bits per heavy atom. The highest BCUT2D eigenvalue weighted by atomic mass is 16.1. The summed E-state index contributed by atoms with van der Waals surface area (Å²) in [6.07, 6.45) is 3.83. The monoisotopic (exact) mass is 282 g/mol. The number of rotatable bonds is 3. The second-order valence-electron chi connectivity index (χ2n) is 5.18. The third kappa shape index (κ3) is 3.18. The molecule has 21 heavy (non-hydrogen) atoms. The summed E-state index contributed by atoms with van der Waals surface area (Å²) in [4.78, 5) is 20.5. The van der Waals surface area contributed by atoms with E-state index in [9.17, 15) is 4.79 Å². The number of amides is 1. The number of anilines is 1. The molecule has 0 saturated heterocycles. The fourth-order valence-electron chi connectivity index (χ4n) is 2.49. The van der Waals surface area contributed by atoms with Crippen LogP contribution in [0.3, 0.4) is 0 Å². The average Bonchev–Trinajstić information content (AvgIpc) is 2.52. The van der Waals surface area contributed by atoms with E-state index < -0.39 is 0 Å². The van der Waals surface area contributed by atoms with Crippen LogP contribution in [0.4, 0.5) is 5.69 Å². The Balaban J connectivity index is 1.68. The van der Waals surface area contributed by atoms with Gasteiger partial charge in [0.05, 0.1) is 12.2 Å². The minimum absolute atomic E-state index is 0.0698. The number of aryl methyl sites for hydroxylation is 2. The summed E-state index contributed by atoms with van der Waals surface area (Å²) < 4.78 is 0. The Labute approximate surface area is 123 Å². The molecular weight excluding hydrogens is 264 g/mol. The molecule has 1 aromatic heterocycles. The maximum atomic E-state index is 12.2. The summed E-state index contributed by atoms with van der Waals surface area (Å²) in [7, 11) is 0. The van der Waals surface area contributed by atoms with Crippen LogP contribution in [0.25, 0.3) is 0 Å². The number of benzene rings is 1. The van der Waals surface area contributed by atoms with Crippen LogP contribution in [-0.2, 0) is 13.0 Å². The molecule has 108 valence electrons. The molecule has 0 unspecified atom stereocenters. The maximum Gasteiger partial charge on any atom is 0.251 e. The largest absolute Gasteiger partial charge is 0.385 e. The number of carbonyl (C=O) groups is 1. The first-order chi connectivity index (χ1) is 10.2. The molecule has 2 aromatic rings. The van der Waals surface area contributed by atoms with E-state index >= 15 is 0 Å². The van der Waals surface area contributed by atoms with Gasteiger partial charge in [0.15, 0.2) is 0 Å². The van der Waals surface area contributed by atoms with Gasteiger partial charge < -0.3 is 10.6 Å². The van der Waals surface area contributed by atoms with Gasteiger partial charge in [-0.1, -0.05) is 0 Å². The van der Waals surface area contributed by atoms with Gasteiger partial charge in [0.1, 0.15) is 5.82 Å². The molecule has 5 nitrogen and oxygen atoms in total. The number of fused-ring (bicyclic) bond motifs is 1. The molecule has 0 bridgehead atoms. The highest BCUT2D eigenvalue weighted by Crippen LogP contribution is 2.22. The molecular formula is C16H18N4O. The van der Waals surface area contributed by atoms with Gasteiger partial charge >= 0.3 is 0 Å². The molecule has 0 spiro atoms. The number of nitrogens with one attached hydrogen (secondary N) is 2. The second-order valence-corrected chi connectivity index (χ2v) is 5.18. The third-order valence-electron chi connectivity index (χ3n) is 3.57. The van der Waals surface area contributed by atoms with Crippen LogP contribution < -0.4 is 10.6 Å². The minimum Gasteiger partial charge on any atom is -0.385 e. The predicted octanol–water partition coefficient (Wildman–Crippen LogP) is 2.07. The van der Waals surface area contributed by atoms with E-state index in [0.717, 1.165) is 30.8 Å². The molecule has 2 N–H and O–H groups in total. The SMILES string of the molecule is Cc1nccc(CNC(=O)c2ccc3c(c2)CCCN3)n1. The van der Waals surface area contributed by atoms with Crippen molar-refractivity contribution in [3.05, 3.63) is 53.1 Å². The summed E-state index contributed by atoms with van der Waals surface area (Å²) in [5.74, 6) is 0.640. The molecule has 5 heteroatoms. The smallest absolute Gasteiger partial charge is 0.251 e. The Kier molecular flexibility index (Phi) is 3.81. The molecule has 0 saturated carbocycles. The predicted molar refractivity (Wildman–Crippen MR) is 81.2 cm³/mol. The fraction of sp³-hybridized carbons (Fsp3) is 0.312. The quantitative estimate of drug-likeness (QED) is 0.904. The third-order valence-corrected chi connectivity index (χ3v) is 3.57. The normalized spacial score (nSPS) is 13.2. The molecule has 1 aliphatic rings. The molecule has 2 heterocycles. The first-order valence-electron chi connectivity index (χ1n) is 7.16. The number of hydrogen-bond acceptors (Lipinski definition) is 4. The van der Waals surface area contributed by atoms with E-state index in [2.05, 4.69) is 20.6 Å². The van der Waals surface area contributed by atoms with Crippen molar-refractivity contribution < 1.29 is 4.79 Å². The highest BCUT2D eigenvalue weighted by Gasteiger charge is 2.12. The topological polar surface area (TPSA) is 66.9 Å². The summed E-state index contributed by atoms with van der Waals surface area (Å²) >= 11 is 0. The van der Waals surface area contributed by atoms with Crippen LogP contribution >= 0.6 is 0 Å². The summed E-state index contributed by atoms with van der Waals surface area (Å²) in [6, 6.07) is 7.63. The Morgan fingerprint density at radius 3 is 3.14 bits per heavy atom. The maximum absolute atomic E-state index is 12.2. The first kappa shape index (κ1) is 13.5. The van der Waals surface area contributed by atoms with Gasteiger partial charge in [-0.05, 0) is 49.6 Å². The molecule has 0 fully saturated rings. The molecule has 1 aromatic carbocycles. The van der Waals surface area contributed by atoms with Crippen molar-refractivity contribution in [2.75, 3.05) is 11.9 Å². The first-order valence-corrected chi connectivity index (χ1v) is 7.16. The van der Waals surface area contributed by atoms with Crippen molar-refractivity contribution in [1.82, 2.24) is 15.3 Å². The van der Waals surface area contributed by atoms with Crippen molar-refractivity contribution >= 4 is 11.6 Å². The van der Waals surface area contributed by atoms with Crippen molar-refractivity contribution in [3.63, 3.8) is 0 Å². The summed E-state index contributed by atoms with van der Waals surface area (Å²) in [5, 5.41) is 6.24. The van der Waals surface area contributed by atoms with Crippen LogP contribution in [0.5, 0.6) is 0 Å². The molecule has 0 aliphatic carbocycles. The van der Waals surface area contributed by atoms with Gasteiger partial charge in [0.25, 0.3) is 5.91 Å². The molecule has 3 rings (SSSR count). The number of hydrogen-bond donors (Lipinski definition) is 2. The van der Waals surface area contributed by atoms with Crippen molar-refractivity contribution in [3.8, 4) is 0 Å². The van der Waals surface area contributed by atoms with Gasteiger partial charge in [0, 0.05) is 24.0 Å². The zero-order valence-corrected chi connectivity index (χ0v) is 12.0. The van der Waals surface area contributed by atoms with E-state index in [1.165, 1.54) is 5.56 Å². The van der Waals surface area contributed by atoms with Crippen molar-refractivity contribution in [1.29, 1.82) is 0 Å². The van der Waals surface area contributed by atoms with Crippen LogP contribution in [0.1, 0.15) is 33.9 Å². The zero-order valence-electron chi connectivity index (χ0n) is 12.0. The molecule has 1 aliphatic heterocycles. The van der Waals surface area contributed by atoms with Gasteiger partial charge in [0.2, 0.25) is 0 Å². The van der Waals surface area contributed by atoms with E-state index in [4.69, 9.17) is 0 Å². The fourth-order valence-corrected chi connectivity index (χ4v) is 2.49. The van der Waals surface area contributed by atoms with E-state index in [1.807, 2.05) is 31.2 Å². The Hall–Kier alpha value is -2.43. The van der Waals surface area contributed by atoms with E-state index in [0.29, 0.717) is 17.9 Å². The standard InChI is InChI=1S/C16H18N4O/c1-11-17-8-6-14(20-11)10-19-16(21)13-4-5-15-12(9-13)3-2-7-18-15/h4-6,8-9,18H,2-3,7,10H2,1H3,(H,19,21). The van der Waals surface area contributed by atoms with Gasteiger partial charge in [-0.2, -0.15) is 0 Å². The second kappa shape index (κ2) is 5.91. The molecule has 0 atom stereocenters. The van der Waals surface area contributed by atoms with Crippen molar-refractivity contribution in [2.45, 2.75) is 26.3 Å². The van der Waals surface area contributed by atoms with E-state index in [-0.39, 0.29) is 5.91 Å². The van der Waals surface area contributed by atoms with Crippen LogP contribution in [0.2, 0.25) is 0 Å². The highest BCUT2D eigenvalue weighted by molar-refractivity contribution is 5.94. The van der Waals surface area contributed by atoms with E-state index in [1.54, 1.807) is 6.20 Å². The lowest BCUT2D eigenvalue weighted by molar-refractivity contribution is 0.0950. The number of carbonyl (C=O) groups excluding carboxylic acids is 1. The van der Waals surface area contributed by atoms with Crippen LogP contribution in [-0.4, -0.2) is 22.4 Å². The molecule has 0 radical (unpaired) electrons. The Morgan fingerprint density at radius 2 is 2.29 bits per heavy atom. The van der Waals surface area contributed by atoms with Gasteiger partial charge in [-0.3, -0.25) is 4.79 Å². The van der Waals surface area contributed by atoms with Crippen molar-refractivity contribution in [2.24, 2.45) is 0 Å². The van der Waals surface area contributed by atoms with Gasteiger partial charge in [-0.25, -0.2) is 9.97 Å². The number of nitrogens with zero attached hydrogens (tertiary/aromatic N) is 2. The van der Waals surface area contributed by atoms with Gasteiger partial charge in [-0.15, -0.1) is 0 Å². The zero-order chi connectivity index (χ0) is 14.7. The lowest BCUT2D eigenvalue weighted by Crippen LogP contribution is -2.24. The minimum atomic E-state index is -0.0698. The number of aromatic nitrogens is 2. The summed E-state index contributed by atoms with van der Waals surface area (Å²) in [6.45, 7) is 3.25. The van der Waals surface area contributed by atoms with Crippen LogP contribution in [0.15, 0.2) is 30.5 Å². The lowest BCUT2D eigenvalue weighted by Gasteiger charge is -2.18. The lowest BCUT2D eigenvalue weighted by atomic mass is 10.0. The average molecular weight is 282 g/mol.